The van der Waals surface area contributed by atoms with Gasteiger partial charge >= 0.3 is 0 Å². The average Bonchev–Trinajstić information content (AvgIpc) is 2.88. The third-order valence-electron chi connectivity index (χ3n) is 6.50. The first-order valence-electron chi connectivity index (χ1n) is 12.2. The number of hydrogen-bond donors (Lipinski definition) is 1. The zero-order valence-corrected chi connectivity index (χ0v) is 19.6. The molecule has 2 atom stereocenters. The fourth-order valence-electron chi connectivity index (χ4n) is 4.78. The summed E-state index contributed by atoms with van der Waals surface area (Å²) >= 11 is 0. The minimum Gasteiger partial charge on any atom is -0.389 e. The Balaban J connectivity index is 1.30. The van der Waals surface area contributed by atoms with Crippen molar-refractivity contribution in [2.45, 2.75) is 31.6 Å². The van der Waals surface area contributed by atoms with Crippen molar-refractivity contribution in [2.75, 3.05) is 39.3 Å². The summed E-state index contributed by atoms with van der Waals surface area (Å²) in [6.45, 7) is 6.99. The Morgan fingerprint density at radius 3 is 1.70 bits per heavy atom. The van der Waals surface area contributed by atoms with Crippen LogP contribution < -0.4 is 0 Å². The van der Waals surface area contributed by atoms with Crippen LogP contribution in [0.5, 0.6) is 0 Å². The molecule has 33 heavy (non-hydrogen) atoms. The summed E-state index contributed by atoms with van der Waals surface area (Å²) in [5.41, 5.74) is 3.84. The normalized spacial score (nSPS) is 17.2. The van der Waals surface area contributed by atoms with Crippen molar-refractivity contribution < 1.29 is 9.84 Å². The Labute approximate surface area is 198 Å². The van der Waals surface area contributed by atoms with E-state index in [-0.39, 0.29) is 12.1 Å². The van der Waals surface area contributed by atoms with Crippen LogP contribution in [0.4, 0.5) is 0 Å². The molecule has 0 amide bonds. The summed E-state index contributed by atoms with van der Waals surface area (Å²) in [4.78, 5) is 4.92. The molecule has 1 N–H and O–H groups in total. The van der Waals surface area contributed by atoms with Crippen LogP contribution >= 0.6 is 0 Å². The topological polar surface area (TPSA) is 35.9 Å². The van der Waals surface area contributed by atoms with Crippen LogP contribution in [0.3, 0.4) is 0 Å². The van der Waals surface area contributed by atoms with E-state index >= 15 is 0 Å². The van der Waals surface area contributed by atoms with E-state index < -0.39 is 6.10 Å². The quantitative estimate of drug-likeness (QED) is 0.481. The summed E-state index contributed by atoms with van der Waals surface area (Å²) in [7, 11) is 0. The predicted molar refractivity (Wildman–Crippen MR) is 134 cm³/mol. The van der Waals surface area contributed by atoms with Crippen LogP contribution in [0, 0.1) is 0 Å². The largest absolute Gasteiger partial charge is 0.389 e. The van der Waals surface area contributed by atoms with Gasteiger partial charge in [0.2, 0.25) is 0 Å². The van der Waals surface area contributed by atoms with E-state index in [4.69, 9.17) is 4.74 Å². The van der Waals surface area contributed by atoms with Crippen LogP contribution in [-0.4, -0.2) is 60.3 Å². The highest BCUT2D eigenvalue weighted by Crippen LogP contribution is 2.29. The van der Waals surface area contributed by atoms with E-state index in [1.54, 1.807) is 0 Å². The van der Waals surface area contributed by atoms with Crippen LogP contribution in [0.1, 0.15) is 42.2 Å². The second kappa shape index (κ2) is 12.1. The zero-order valence-electron chi connectivity index (χ0n) is 19.6. The second-order valence-electron chi connectivity index (χ2n) is 8.86. The van der Waals surface area contributed by atoms with Crippen molar-refractivity contribution in [3.05, 3.63) is 108 Å². The van der Waals surface area contributed by atoms with Crippen LogP contribution in [0.25, 0.3) is 0 Å². The van der Waals surface area contributed by atoms with E-state index in [1.807, 2.05) is 18.2 Å². The van der Waals surface area contributed by atoms with E-state index in [1.165, 1.54) is 16.7 Å². The molecule has 3 aromatic rings. The van der Waals surface area contributed by atoms with Gasteiger partial charge in [0.05, 0.1) is 24.9 Å². The maximum atomic E-state index is 10.6. The lowest BCUT2D eigenvalue weighted by molar-refractivity contribution is -0.0291. The Hall–Kier alpha value is -2.50. The molecule has 4 nitrogen and oxygen atoms in total. The van der Waals surface area contributed by atoms with Crippen LogP contribution in [0.15, 0.2) is 91.0 Å². The summed E-state index contributed by atoms with van der Waals surface area (Å²) in [6.07, 6.45) is 0.457. The lowest BCUT2D eigenvalue weighted by Gasteiger charge is -2.40. The van der Waals surface area contributed by atoms with Crippen molar-refractivity contribution >= 4 is 0 Å². The third kappa shape index (κ3) is 6.52. The number of hydrogen-bond acceptors (Lipinski definition) is 4. The lowest BCUT2D eigenvalue weighted by Crippen LogP contribution is -2.50. The van der Waals surface area contributed by atoms with E-state index in [0.29, 0.717) is 13.2 Å². The molecule has 1 heterocycles. The molecule has 0 aliphatic carbocycles. The molecule has 0 aromatic heterocycles. The summed E-state index contributed by atoms with van der Waals surface area (Å²) in [5, 5.41) is 10.6. The molecule has 1 saturated heterocycles. The Morgan fingerprint density at radius 1 is 0.727 bits per heavy atom. The Kier molecular flexibility index (Phi) is 8.67. The maximum Gasteiger partial charge on any atom is 0.0900 e. The maximum absolute atomic E-state index is 10.6. The Morgan fingerprint density at radius 2 is 1.21 bits per heavy atom. The molecule has 1 fully saturated rings. The minimum atomic E-state index is -0.478. The molecule has 1 aliphatic heterocycles. The number of ether oxygens (including phenoxy) is 1. The van der Waals surface area contributed by atoms with E-state index in [9.17, 15) is 5.11 Å². The minimum absolute atomic E-state index is 0.0372. The van der Waals surface area contributed by atoms with E-state index in [0.717, 1.165) is 32.6 Å². The van der Waals surface area contributed by atoms with Gasteiger partial charge < -0.3 is 9.84 Å². The van der Waals surface area contributed by atoms with Gasteiger partial charge in [-0.05, 0) is 23.1 Å². The highest BCUT2D eigenvalue weighted by molar-refractivity contribution is 5.32. The van der Waals surface area contributed by atoms with Gasteiger partial charge in [-0.1, -0.05) is 97.9 Å². The van der Waals surface area contributed by atoms with Gasteiger partial charge in [0.15, 0.2) is 0 Å². The number of aliphatic hydroxyl groups excluding tert-OH is 1. The molecule has 0 spiro atoms. The second-order valence-corrected chi connectivity index (χ2v) is 8.86. The molecule has 0 saturated carbocycles. The number of aliphatic hydroxyl groups is 1. The first-order chi connectivity index (χ1) is 16.2. The third-order valence-corrected chi connectivity index (χ3v) is 6.50. The fourth-order valence-corrected chi connectivity index (χ4v) is 4.78. The van der Waals surface area contributed by atoms with Gasteiger partial charge in [-0.2, -0.15) is 0 Å². The predicted octanol–water partition coefficient (Wildman–Crippen LogP) is 4.92. The fraction of sp³-hybridized carbons (Fsp3) is 0.379. The van der Waals surface area contributed by atoms with Gasteiger partial charge in [-0.3, -0.25) is 9.80 Å². The van der Waals surface area contributed by atoms with Crippen molar-refractivity contribution in [1.29, 1.82) is 0 Å². The summed E-state index contributed by atoms with van der Waals surface area (Å²) < 4.78 is 6.07. The number of piperazine rings is 1. The smallest absolute Gasteiger partial charge is 0.0900 e. The van der Waals surface area contributed by atoms with Crippen molar-refractivity contribution in [3.63, 3.8) is 0 Å². The number of benzene rings is 3. The molecule has 0 unspecified atom stereocenters. The molecule has 174 valence electrons. The molecule has 0 radical (unpaired) electrons. The molecule has 0 bridgehead atoms. The lowest BCUT2D eigenvalue weighted by atomic mass is 9.96. The number of rotatable bonds is 10. The van der Waals surface area contributed by atoms with Gasteiger partial charge in [-0.25, -0.2) is 0 Å². The number of nitrogens with zero attached hydrogens (tertiary/aromatic N) is 2. The first-order valence-corrected chi connectivity index (χ1v) is 12.2. The molecule has 4 rings (SSSR count). The van der Waals surface area contributed by atoms with Crippen LogP contribution in [-0.2, 0) is 4.74 Å². The molecule has 4 heteroatoms. The van der Waals surface area contributed by atoms with Gasteiger partial charge in [0.25, 0.3) is 0 Å². The van der Waals surface area contributed by atoms with Crippen LogP contribution in [0.2, 0.25) is 0 Å². The van der Waals surface area contributed by atoms with Crippen molar-refractivity contribution in [2.24, 2.45) is 0 Å². The van der Waals surface area contributed by atoms with Crippen molar-refractivity contribution in [3.8, 4) is 0 Å². The standard InChI is InChI=1S/C29H36N2O2/c1-2-28(24-12-6-3-7-13-24)33-23-27(32)22-30-18-20-31(21-19-30)29(25-14-8-4-9-15-25)26-16-10-5-11-17-26/h3-17,27-29,32H,2,18-23H2,1H3/t27-,28+/m1/s1. The van der Waals surface area contributed by atoms with E-state index in [2.05, 4.69) is 89.5 Å². The molecule has 1 aliphatic rings. The Bertz CT molecular complexity index is 888. The van der Waals surface area contributed by atoms with Crippen molar-refractivity contribution in [1.82, 2.24) is 9.80 Å². The zero-order chi connectivity index (χ0) is 22.9. The van der Waals surface area contributed by atoms with Gasteiger partial charge in [0, 0.05) is 32.7 Å². The molecular weight excluding hydrogens is 408 g/mol. The van der Waals surface area contributed by atoms with Gasteiger partial charge in [-0.15, -0.1) is 0 Å². The first kappa shape index (κ1) is 23.7. The van der Waals surface area contributed by atoms with Gasteiger partial charge in [0.1, 0.15) is 0 Å². The molecule has 3 aromatic carbocycles. The average molecular weight is 445 g/mol. The SMILES string of the molecule is CC[C@H](OC[C@H](O)CN1CCN(C(c2ccccc2)c2ccccc2)CC1)c1ccccc1. The summed E-state index contributed by atoms with van der Waals surface area (Å²) in [6, 6.07) is 32.1. The highest BCUT2D eigenvalue weighted by atomic mass is 16.5. The monoisotopic (exact) mass is 444 g/mol. The number of β-amino-alcohol motifs (C(OH)–C–C–N with tert-alkyl or cyclic N) is 1. The summed E-state index contributed by atoms with van der Waals surface area (Å²) in [5.74, 6) is 0. The molecular formula is C29H36N2O2. The highest BCUT2D eigenvalue weighted by Gasteiger charge is 2.27.